The predicted molar refractivity (Wildman–Crippen MR) is 115 cm³/mol. The van der Waals surface area contributed by atoms with Crippen molar-refractivity contribution in [2.24, 2.45) is 4.99 Å². The van der Waals surface area contributed by atoms with Gasteiger partial charge in [-0.25, -0.2) is 0 Å². The minimum atomic E-state index is 0.159. The van der Waals surface area contributed by atoms with Crippen LogP contribution in [0.25, 0.3) is 0 Å². The second-order valence-corrected chi connectivity index (χ2v) is 6.68. The van der Waals surface area contributed by atoms with Crippen molar-refractivity contribution in [3.8, 4) is 5.75 Å². The van der Waals surface area contributed by atoms with Crippen LogP contribution >= 0.6 is 0 Å². The van der Waals surface area contributed by atoms with Crippen LogP contribution in [0.4, 0.5) is 0 Å². The zero-order valence-electron chi connectivity index (χ0n) is 18.2. The Morgan fingerprint density at radius 2 is 1.79 bits per heavy atom. The van der Waals surface area contributed by atoms with Crippen molar-refractivity contribution in [1.29, 1.82) is 0 Å². The van der Waals surface area contributed by atoms with Gasteiger partial charge in [0.15, 0.2) is 5.96 Å². The molecule has 0 heterocycles. The number of unbranched alkanes of at least 4 members (excludes halogenated alkanes) is 1. The average molecular weight is 395 g/mol. The molecule has 0 aliphatic carbocycles. The Bertz CT molecular complexity index is 552. The van der Waals surface area contributed by atoms with Gasteiger partial charge < -0.3 is 29.7 Å². The molecular weight excluding hydrogens is 356 g/mol. The summed E-state index contributed by atoms with van der Waals surface area (Å²) in [6, 6.07) is 8.26. The molecule has 0 aliphatic rings. The van der Waals surface area contributed by atoms with Gasteiger partial charge in [0.05, 0.1) is 33.0 Å². The Labute approximate surface area is 170 Å². The smallest absolute Gasteiger partial charge is 0.191 e. The summed E-state index contributed by atoms with van der Waals surface area (Å²) in [5.41, 5.74) is 1.14. The number of para-hydroxylation sites is 1. The number of likely N-dealkylation sites (N-methyl/N-ethyl adjacent to an activating group) is 1. The van der Waals surface area contributed by atoms with E-state index >= 15 is 0 Å². The van der Waals surface area contributed by atoms with Gasteiger partial charge >= 0.3 is 0 Å². The first-order valence-electron chi connectivity index (χ1n) is 10.0. The van der Waals surface area contributed by atoms with E-state index in [9.17, 15) is 0 Å². The van der Waals surface area contributed by atoms with Crippen molar-refractivity contribution < 1.29 is 14.2 Å². The number of hydrogen-bond acceptors (Lipinski definition) is 5. The van der Waals surface area contributed by atoms with Gasteiger partial charge in [-0.2, -0.15) is 0 Å². The SMILES string of the molecule is CCCCOCCOCCNC(=NC)NCC(c1ccccc1OC)N(C)C. The maximum Gasteiger partial charge on any atom is 0.191 e. The molecule has 0 fully saturated rings. The minimum Gasteiger partial charge on any atom is -0.496 e. The van der Waals surface area contributed by atoms with Gasteiger partial charge in [-0.15, -0.1) is 0 Å². The molecular formula is C21H38N4O3. The largest absolute Gasteiger partial charge is 0.496 e. The Morgan fingerprint density at radius 1 is 1.07 bits per heavy atom. The van der Waals surface area contributed by atoms with Gasteiger partial charge in [-0.1, -0.05) is 31.5 Å². The van der Waals surface area contributed by atoms with Crippen LogP contribution in [-0.2, 0) is 9.47 Å². The van der Waals surface area contributed by atoms with Crippen molar-refractivity contribution in [3.63, 3.8) is 0 Å². The van der Waals surface area contributed by atoms with E-state index in [0.29, 0.717) is 32.9 Å². The maximum atomic E-state index is 5.58. The Morgan fingerprint density at radius 3 is 2.43 bits per heavy atom. The number of benzene rings is 1. The number of methoxy groups -OCH3 is 1. The molecule has 0 amide bonds. The number of nitrogens with zero attached hydrogens (tertiary/aromatic N) is 2. The lowest BCUT2D eigenvalue weighted by Crippen LogP contribution is -2.42. The minimum absolute atomic E-state index is 0.159. The van der Waals surface area contributed by atoms with E-state index < -0.39 is 0 Å². The maximum absolute atomic E-state index is 5.58. The molecule has 0 aromatic heterocycles. The fourth-order valence-corrected chi connectivity index (χ4v) is 2.74. The third-order valence-electron chi connectivity index (χ3n) is 4.36. The van der Waals surface area contributed by atoms with Crippen LogP contribution in [-0.4, -0.2) is 78.6 Å². The summed E-state index contributed by atoms with van der Waals surface area (Å²) in [6.07, 6.45) is 2.26. The average Bonchev–Trinajstić information content (AvgIpc) is 2.71. The Balaban J connectivity index is 2.35. The number of aliphatic imine (C=N–C) groups is 1. The highest BCUT2D eigenvalue weighted by atomic mass is 16.5. The van der Waals surface area contributed by atoms with E-state index in [-0.39, 0.29) is 6.04 Å². The summed E-state index contributed by atoms with van der Waals surface area (Å²) < 4.78 is 16.6. The molecule has 1 atom stereocenters. The lowest BCUT2D eigenvalue weighted by atomic mass is 10.0. The molecule has 0 saturated heterocycles. The first-order chi connectivity index (χ1) is 13.6. The molecule has 0 saturated carbocycles. The first kappa shape index (κ1) is 24.2. The standard InChI is InChI=1S/C21H38N4O3/c1-6-7-13-27-15-16-28-14-12-23-21(22-2)24-17-19(25(3)4)18-10-8-9-11-20(18)26-5/h8-11,19H,6-7,12-17H2,1-5H3,(H2,22,23,24). The molecule has 1 unspecified atom stereocenters. The van der Waals surface area contributed by atoms with Crippen molar-refractivity contribution in [2.45, 2.75) is 25.8 Å². The van der Waals surface area contributed by atoms with E-state index in [1.165, 1.54) is 0 Å². The number of ether oxygens (including phenoxy) is 3. The van der Waals surface area contributed by atoms with Crippen molar-refractivity contribution in [2.75, 3.05) is 67.8 Å². The second-order valence-electron chi connectivity index (χ2n) is 6.68. The summed E-state index contributed by atoms with van der Waals surface area (Å²) in [6.45, 7) is 6.25. The summed E-state index contributed by atoms with van der Waals surface area (Å²) in [5, 5.41) is 6.67. The number of hydrogen-bond donors (Lipinski definition) is 2. The van der Waals surface area contributed by atoms with Gasteiger partial charge in [0, 0.05) is 32.3 Å². The Hall–Kier alpha value is -1.83. The van der Waals surface area contributed by atoms with Gasteiger partial charge in [0.25, 0.3) is 0 Å². The normalized spacial score (nSPS) is 12.9. The zero-order chi connectivity index (χ0) is 20.6. The van der Waals surface area contributed by atoms with Gasteiger partial charge in [0.2, 0.25) is 0 Å². The second kappa shape index (κ2) is 15.1. The van der Waals surface area contributed by atoms with Crippen LogP contribution in [0, 0.1) is 0 Å². The monoisotopic (exact) mass is 394 g/mol. The van der Waals surface area contributed by atoms with Gasteiger partial charge in [-0.05, 0) is 26.6 Å². The van der Waals surface area contributed by atoms with Crippen LogP contribution in [0.2, 0.25) is 0 Å². The van der Waals surface area contributed by atoms with Crippen molar-refractivity contribution in [1.82, 2.24) is 15.5 Å². The van der Waals surface area contributed by atoms with Crippen molar-refractivity contribution in [3.05, 3.63) is 29.8 Å². The highest BCUT2D eigenvalue weighted by Gasteiger charge is 2.18. The lowest BCUT2D eigenvalue weighted by molar-refractivity contribution is 0.0487. The highest BCUT2D eigenvalue weighted by molar-refractivity contribution is 5.79. The predicted octanol–water partition coefficient (Wildman–Crippen LogP) is 2.30. The lowest BCUT2D eigenvalue weighted by Gasteiger charge is -2.27. The van der Waals surface area contributed by atoms with Crippen molar-refractivity contribution >= 4 is 5.96 Å². The molecule has 160 valence electrons. The van der Waals surface area contributed by atoms with Gasteiger partial charge in [0.1, 0.15) is 5.75 Å². The van der Waals surface area contributed by atoms with Crippen LogP contribution in [0.15, 0.2) is 29.3 Å². The highest BCUT2D eigenvalue weighted by Crippen LogP contribution is 2.27. The third kappa shape index (κ3) is 9.39. The van der Waals surface area contributed by atoms with Crippen LogP contribution in [0.1, 0.15) is 31.4 Å². The van der Waals surface area contributed by atoms with E-state index in [4.69, 9.17) is 14.2 Å². The Kier molecular flexibility index (Phi) is 13.1. The fraction of sp³-hybridized carbons (Fsp3) is 0.667. The van der Waals surface area contributed by atoms with Crippen LogP contribution in [0.3, 0.4) is 0 Å². The van der Waals surface area contributed by atoms with E-state index in [0.717, 1.165) is 36.7 Å². The molecule has 0 radical (unpaired) electrons. The zero-order valence-corrected chi connectivity index (χ0v) is 18.2. The summed E-state index contributed by atoms with van der Waals surface area (Å²) in [7, 11) is 7.59. The summed E-state index contributed by atoms with van der Waals surface area (Å²) in [5.74, 6) is 1.64. The molecule has 0 aliphatic heterocycles. The topological polar surface area (TPSA) is 67.3 Å². The number of rotatable bonds is 14. The van der Waals surface area contributed by atoms with Crippen LogP contribution < -0.4 is 15.4 Å². The van der Waals surface area contributed by atoms with Crippen LogP contribution in [0.5, 0.6) is 5.75 Å². The molecule has 1 aromatic rings. The molecule has 0 spiro atoms. The molecule has 28 heavy (non-hydrogen) atoms. The van der Waals surface area contributed by atoms with E-state index in [1.54, 1.807) is 14.2 Å². The molecule has 1 rings (SSSR count). The molecule has 1 aromatic carbocycles. The summed E-state index contributed by atoms with van der Waals surface area (Å²) >= 11 is 0. The first-order valence-corrected chi connectivity index (χ1v) is 10.0. The molecule has 2 N–H and O–H groups in total. The fourth-order valence-electron chi connectivity index (χ4n) is 2.74. The molecule has 7 heteroatoms. The summed E-state index contributed by atoms with van der Waals surface area (Å²) in [4.78, 5) is 6.45. The third-order valence-corrected chi connectivity index (χ3v) is 4.36. The van der Waals surface area contributed by atoms with E-state index in [2.05, 4.69) is 47.6 Å². The van der Waals surface area contributed by atoms with E-state index in [1.807, 2.05) is 18.2 Å². The quantitative estimate of drug-likeness (QED) is 0.287. The molecule has 0 bridgehead atoms. The van der Waals surface area contributed by atoms with Gasteiger partial charge in [-0.3, -0.25) is 4.99 Å². The number of nitrogens with one attached hydrogen (secondary N) is 2. The number of guanidine groups is 1. The molecule has 7 nitrogen and oxygen atoms in total.